The number of carbonyl (C=O) groups excluding carboxylic acids is 2. The number of hydrogen-bond donors (Lipinski definition) is 4. The molecule has 5 N–H and O–H groups in total. The van der Waals surface area contributed by atoms with Gasteiger partial charge in [-0.25, -0.2) is 26.4 Å². The van der Waals surface area contributed by atoms with E-state index in [-0.39, 0.29) is 37.9 Å². The minimum absolute atomic E-state index is 0. The van der Waals surface area contributed by atoms with Gasteiger partial charge < -0.3 is 15.2 Å². The SMILES string of the molecule is CCCCCOC(=O)Nc1ccc(S(=O)(=O)Cl)cc1.CCCCCOC(=O)Nc1ccc(S(=O)(=O)Nc2c(Cl)cccc2Cl)cc1.Cl.Nc1c(Cl)cccc1Cl.c1ccncc1.c1ccncc1. The molecule has 0 bridgehead atoms. The lowest BCUT2D eigenvalue weighted by Gasteiger charge is -2.12. The van der Waals surface area contributed by atoms with E-state index in [2.05, 4.69) is 39.2 Å². The minimum Gasteiger partial charge on any atom is -0.449 e. The lowest BCUT2D eigenvalue weighted by atomic mass is 10.3. The van der Waals surface area contributed by atoms with Crippen LogP contribution in [0, 0.1) is 0 Å². The Labute approximate surface area is 429 Å². The van der Waals surface area contributed by atoms with E-state index in [0.717, 1.165) is 38.5 Å². The first-order chi connectivity index (χ1) is 32.0. The zero-order chi connectivity index (χ0) is 49.5. The highest BCUT2D eigenvalue weighted by Gasteiger charge is 2.18. The largest absolute Gasteiger partial charge is 0.449 e. The van der Waals surface area contributed by atoms with E-state index >= 15 is 0 Å². The summed E-state index contributed by atoms with van der Waals surface area (Å²) in [6, 6.07) is 32.4. The summed E-state index contributed by atoms with van der Waals surface area (Å²) < 4.78 is 59.4. The Morgan fingerprint density at radius 3 is 1.22 bits per heavy atom. The van der Waals surface area contributed by atoms with Gasteiger partial charge >= 0.3 is 12.2 Å². The summed E-state index contributed by atoms with van der Waals surface area (Å²) in [7, 11) is -2.45. The average Bonchev–Trinajstić information content (AvgIpc) is 3.32. The maximum atomic E-state index is 12.5. The monoisotopic (exact) mass is 1090 g/mol. The Balaban J connectivity index is 0.000000482. The lowest BCUT2D eigenvalue weighted by molar-refractivity contribution is 0.158. The fourth-order valence-corrected chi connectivity index (χ4v) is 7.56. The standard InChI is InChI=1S/C18H20Cl2N2O4S.C12H16ClNO4S.C6H5Cl2N.2C5H5N.ClH/c1-2-3-4-12-26-18(23)21-13-8-10-14(11-9-13)27(24,25)22-17-15(19)6-5-7-16(17)20;1-2-3-4-9-18-12(15)14-10-5-7-11(8-6-10)19(13,16)17;7-4-2-1-3-5(8)6(4)9;2*1-2-4-6-5-3-1;/h5-11,22H,2-4,12H2,1H3,(H,21,23);5-8H,2-4,9H2,1H3,(H,14,15);1-3H,9H2;2*1-5H;1H. The quantitative estimate of drug-likeness (QED) is 0.0458. The van der Waals surface area contributed by atoms with Crippen LogP contribution in [-0.4, -0.2) is 52.2 Å². The number of halogens is 6. The summed E-state index contributed by atoms with van der Waals surface area (Å²) >= 11 is 23.2. The number of hydrogen-bond acceptors (Lipinski definition) is 11. The Hall–Kier alpha value is -5.04. The first-order valence-corrected chi connectivity index (χ1v) is 25.7. The van der Waals surface area contributed by atoms with Crippen molar-refractivity contribution in [3.05, 3.63) is 166 Å². The normalized spacial score (nSPS) is 10.2. The summed E-state index contributed by atoms with van der Waals surface area (Å²) in [5.74, 6) is 0. The highest BCUT2D eigenvalue weighted by atomic mass is 35.7. The first kappa shape index (κ1) is 61.0. The zero-order valence-electron chi connectivity index (χ0n) is 36.9. The second kappa shape index (κ2) is 34.3. The molecule has 0 saturated heterocycles. The van der Waals surface area contributed by atoms with Gasteiger partial charge in [-0.1, -0.05) is 110 Å². The number of nitrogens with one attached hydrogen (secondary N) is 3. The van der Waals surface area contributed by atoms with Crippen LogP contribution in [0.15, 0.2) is 156 Å². The molecule has 6 rings (SSSR count). The van der Waals surface area contributed by atoms with Crippen molar-refractivity contribution in [2.75, 3.05) is 34.3 Å². The number of anilines is 4. The topological polar surface area (TPSA) is 209 Å². The highest BCUT2D eigenvalue weighted by Crippen LogP contribution is 2.32. The minimum atomic E-state index is -3.89. The highest BCUT2D eigenvalue weighted by molar-refractivity contribution is 8.13. The van der Waals surface area contributed by atoms with Crippen LogP contribution in [-0.2, 0) is 28.5 Å². The Morgan fingerprint density at radius 1 is 0.544 bits per heavy atom. The molecule has 0 aliphatic carbocycles. The van der Waals surface area contributed by atoms with Crippen LogP contribution in [0.5, 0.6) is 0 Å². The molecular weight excluding hydrogens is 1040 g/mol. The molecule has 0 fully saturated rings. The van der Waals surface area contributed by atoms with Gasteiger partial charge in [0.05, 0.1) is 54.5 Å². The third-order valence-electron chi connectivity index (χ3n) is 8.09. The smallest absolute Gasteiger partial charge is 0.411 e. The van der Waals surface area contributed by atoms with E-state index in [0.29, 0.717) is 40.3 Å². The van der Waals surface area contributed by atoms with E-state index in [9.17, 15) is 26.4 Å². The molecule has 0 unspecified atom stereocenters. The van der Waals surface area contributed by atoms with E-state index < -0.39 is 31.3 Å². The van der Waals surface area contributed by atoms with Gasteiger partial charge in [-0.05, 0) is 110 Å². The Morgan fingerprint density at radius 2 is 0.912 bits per heavy atom. The number of unbranched alkanes of at least 4 members (excludes halogenated alkanes) is 4. The number of sulfonamides is 1. The van der Waals surface area contributed by atoms with Gasteiger partial charge in [0.15, 0.2) is 0 Å². The van der Waals surface area contributed by atoms with Crippen LogP contribution in [0.4, 0.5) is 32.3 Å². The van der Waals surface area contributed by atoms with Crippen LogP contribution in [0.25, 0.3) is 0 Å². The van der Waals surface area contributed by atoms with Crippen molar-refractivity contribution in [2.24, 2.45) is 0 Å². The molecule has 0 saturated carbocycles. The Kier molecular flexibility index (Phi) is 30.7. The number of amides is 2. The molecule has 0 aliphatic rings. The number of carbonyl (C=O) groups is 2. The van der Waals surface area contributed by atoms with E-state index in [4.69, 9.17) is 72.3 Å². The summed E-state index contributed by atoms with van der Waals surface area (Å²) in [6.07, 6.45) is 11.6. The zero-order valence-corrected chi connectivity index (χ0v) is 43.1. The second-order valence-electron chi connectivity index (χ2n) is 13.3. The summed E-state index contributed by atoms with van der Waals surface area (Å²) in [4.78, 5) is 30.6. The third kappa shape index (κ3) is 25.9. The van der Waals surface area contributed by atoms with Crippen LogP contribution < -0.4 is 21.1 Å². The molecule has 2 amide bonds. The van der Waals surface area contributed by atoms with Crippen LogP contribution in [0.2, 0.25) is 20.1 Å². The molecule has 0 atom stereocenters. The molecule has 4 aromatic carbocycles. The van der Waals surface area contributed by atoms with Gasteiger partial charge in [0.2, 0.25) is 0 Å². The summed E-state index contributed by atoms with van der Waals surface area (Å²) in [6.45, 7) is 4.83. The van der Waals surface area contributed by atoms with E-state index in [1.54, 1.807) is 49.1 Å². The third-order valence-corrected chi connectivity index (χ3v) is 12.1. The fraction of sp³-hybridized carbons (Fsp3) is 0.217. The van der Waals surface area contributed by atoms with E-state index in [1.807, 2.05) is 36.4 Å². The predicted molar refractivity (Wildman–Crippen MR) is 279 cm³/mol. The molecule has 0 radical (unpaired) electrons. The average molecular weight is 1090 g/mol. The number of nitrogen functional groups attached to an aromatic ring is 1. The molecule has 14 nitrogen and oxygen atoms in total. The van der Waals surface area contributed by atoms with Crippen molar-refractivity contribution in [1.82, 2.24) is 9.97 Å². The van der Waals surface area contributed by atoms with Crippen molar-refractivity contribution >= 4 is 124 Å². The summed E-state index contributed by atoms with van der Waals surface area (Å²) in [5.41, 5.74) is 6.84. The Bertz CT molecular complexity index is 2450. The molecule has 2 heterocycles. The van der Waals surface area contributed by atoms with Gasteiger partial charge in [-0.2, -0.15) is 0 Å². The number of aromatic nitrogens is 2. The van der Waals surface area contributed by atoms with Gasteiger partial charge in [0.25, 0.3) is 19.1 Å². The van der Waals surface area contributed by atoms with Crippen LogP contribution in [0.1, 0.15) is 52.4 Å². The van der Waals surface area contributed by atoms with Crippen molar-refractivity contribution in [2.45, 2.75) is 62.2 Å². The lowest BCUT2D eigenvalue weighted by Crippen LogP contribution is -2.15. The molecule has 0 aliphatic heterocycles. The van der Waals surface area contributed by atoms with Gasteiger partial charge in [-0.3, -0.25) is 25.3 Å². The molecule has 2 aromatic heterocycles. The van der Waals surface area contributed by atoms with E-state index in [1.165, 1.54) is 60.7 Å². The number of benzene rings is 4. The van der Waals surface area contributed by atoms with Crippen molar-refractivity contribution < 1.29 is 35.9 Å². The van der Waals surface area contributed by atoms with Gasteiger partial charge in [0.1, 0.15) is 0 Å². The number of nitrogens with zero attached hydrogens (tertiary/aromatic N) is 2. The maximum Gasteiger partial charge on any atom is 0.411 e. The first-order valence-electron chi connectivity index (χ1n) is 20.4. The number of nitrogens with two attached hydrogens (primary N) is 1. The van der Waals surface area contributed by atoms with Crippen LogP contribution >= 0.6 is 69.5 Å². The molecule has 368 valence electrons. The molecule has 22 heteroatoms. The van der Waals surface area contributed by atoms with Gasteiger partial charge in [0, 0.05) is 46.8 Å². The number of ether oxygens (including phenoxy) is 2. The molecular formula is C46H52Cl6N6O8S2. The van der Waals surface area contributed by atoms with Crippen molar-refractivity contribution in [3.8, 4) is 0 Å². The number of pyridine rings is 2. The summed E-state index contributed by atoms with van der Waals surface area (Å²) in [5, 5.41) is 6.43. The maximum absolute atomic E-state index is 12.5. The predicted octanol–water partition coefficient (Wildman–Crippen LogP) is 14.0. The molecule has 68 heavy (non-hydrogen) atoms. The fourth-order valence-electron chi connectivity index (χ4n) is 4.68. The van der Waals surface area contributed by atoms with Crippen molar-refractivity contribution in [3.63, 3.8) is 0 Å². The van der Waals surface area contributed by atoms with Gasteiger partial charge in [-0.15, -0.1) is 12.4 Å². The number of para-hydroxylation sites is 2. The molecule has 6 aromatic rings. The molecule has 0 spiro atoms. The van der Waals surface area contributed by atoms with Crippen LogP contribution in [0.3, 0.4) is 0 Å². The number of rotatable bonds is 14. The van der Waals surface area contributed by atoms with Crippen molar-refractivity contribution in [1.29, 1.82) is 0 Å². The second-order valence-corrected chi connectivity index (χ2v) is 19.2.